The topological polar surface area (TPSA) is 139 Å². The van der Waals surface area contributed by atoms with Gasteiger partial charge in [0.25, 0.3) is 0 Å². The van der Waals surface area contributed by atoms with Gasteiger partial charge in [-0.05, 0) is 42.2 Å². The fraction of sp³-hybridized carbons (Fsp3) is 0.375. The number of carboxylic acid groups (broad SMARTS) is 1. The largest absolute Gasteiger partial charge is 0.481 e. The van der Waals surface area contributed by atoms with Gasteiger partial charge in [-0.1, -0.05) is 32.0 Å². The van der Waals surface area contributed by atoms with E-state index in [2.05, 4.69) is 39.9 Å². The van der Waals surface area contributed by atoms with Crippen molar-refractivity contribution in [1.82, 2.24) is 20.2 Å². The Morgan fingerprint density at radius 2 is 1.86 bits per heavy atom. The summed E-state index contributed by atoms with van der Waals surface area (Å²) >= 11 is 0. The molecule has 4 N–H and O–H groups in total. The summed E-state index contributed by atoms with van der Waals surface area (Å²) in [7, 11) is 0. The number of aromatic nitrogens is 1. The van der Waals surface area contributed by atoms with Gasteiger partial charge in [0.2, 0.25) is 5.91 Å². The fourth-order valence-electron chi connectivity index (χ4n) is 3.50. The minimum absolute atomic E-state index is 0.00203. The Hall–Kier alpha value is -4.15. The van der Waals surface area contributed by atoms with Gasteiger partial charge in [0, 0.05) is 18.4 Å². The molecule has 0 fully saturated rings. The molecule has 35 heavy (non-hydrogen) atoms. The smallest absolute Gasteiger partial charge is 0.324 e. The summed E-state index contributed by atoms with van der Waals surface area (Å²) in [4.78, 5) is 41.6. The van der Waals surface area contributed by atoms with Crippen LogP contribution in [0.3, 0.4) is 0 Å². The number of rotatable bonds is 11. The molecule has 1 aliphatic heterocycles. The van der Waals surface area contributed by atoms with Crippen LogP contribution in [0.1, 0.15) is 32.3 Å². The van der Waals surface area contributed by atoms with Crippen molar-refractivity contribution in [2.75, 3.05) is 23.8 Å². The Kier molecular flexibility index (Phi) is 8.99. The van der Waals surface area contributed by atoms with E-state index >= 15 is 0 Å². The second-order valence-electron chi connectivity index (χ2n) is 8.64. The van der Waals surface area contributed by atoms with Crippen molar-refractivity contribution in [3.05, 3.63) is 54.2 Å². The number of hydrazone groups is 1. The molecule has 11 nitrogen and oxygen atoms in total. The van der Waals surface area contributed by atoms with Crippen LogP contribution >= 0.6 is 0 Å². The van der Waals surface area contributed by atoms with Crippen LogP contribution in [0.2, 0.25) is 0 Å². The Bertz CT molecular complexity index is 1030. The molecule has 1 aromatic carbocycles. The molecule has 2 aromatic rings. The standard InChI is InChI=1S/C24H31N7O4/c1-17(2)13-21(30-15-26-31(16-30)12-10-23(33)34)29-22(32)14-18-6-8-19(9-7-18)27-24(35)28-20-5-3-4-11-25-20/h3-9,11,15,17,21H,10,12-14,16H2,1-2H3,(H,29,32)(H,33,34)(H2,25,27,28,35). The van der Waals surface area contributed by atoms with Crippen LogP contribution in [-0.2, 0) is 16.0 Å². The van der Waals surface area contributed by atoms with Gasteiger partial charge in [-0.15, -0.1) is 0 Å². The number of carboxylic acids is 1. The number of hydrogen-bond donors (Lipinski definition) is 4. The Balaban J connectivity index is 1.50. The molecule has 186 valence electrons. The predicted molar refractivity (Wildman–Crippen MR) is 133 cm³/mol. The summed E-state index contributed by atoms with van der Waals surface area (Å²) in [5.74, 6) is -0.228. The van der Waals surface area contributed by atoms with Gasteiger partial charge in [-0.3, -0.25) is 19.9 Å². The second kappa shape index (κ2) is 12.4. The fourth-order valence-corrected chi connectivity index (χ4v) is 3.50. The molecule has 1 atom stereocenters. The maximum atomic E-state index is 12.8. The first-order valence-corrected chi connectivity index (χ1v) is 11.4. The van der Waals surface area contributed by atoms with Crippen molar-refractivity contribution in [2.24, 2.45) is 11.0 Å². The van der Waals surface area contributed by atoms with Crippen molar-refractivity contribution < 1.29 is 19.5 Å². The van der Waals surface area contributed by atoms with Crippen LogP contribution in [-0.4, -0.2) is 63.6 Å². The van der Waals surface area contributed by atoms with Crippen LogP contribution in [0, 0.1) is 5.92 Å². The van der Waals surface area contributed by atoms with Crippen LogP contribution in [0.15, 0.2) is 53.8 Å². The molecule has 1 aliphatic rings. The highest BCUT2D eigenvalue weighted by atomic mass is 16.4. The van der Waals surface area contributed by atoms with E-state index in [1.165, 1.54) is 0 Å². The third kappa shape index (κ3) is 8.61. The van der Waals surface area contributed by atoms with Gasteiger partial charge in [-0.25, -0.2) is 9.78 Å². The van der Waals surface area contributed by atoms with Crippen LogP contribution in [0.4, 0.5) is 16.3 Å². The molecule has 11 heteroatoms. The molecule has 0 saturated heterocycles. The lowest BCUT2D eigenvalue weighted by molar-refractivity contribution is -0.137. The number of carbonyl (C=O) groups excluding carboxylic acids is 2. The summed E-state index contributed by atoms with van der Waals surface area (Å²) in [5, 5.41) is 23.2. The Morgan fingerprint density at radius 1 is 1.09 bits per heavy atom. The first kappa shape index (κ1) is 25.5. The van der Waals surface area contributed by atoms with E-state index in [1.807, 2.05) is 4.90 Å². The minimum atomic E-state index is -0.874. The quantitative estimate of drug-likeness (QED) is 0.387. The van der Waals surface area contributed by atoms with Gasteiger partial charge in [0.1, 0.15) is 25.0 Å². The van der Waals surface area contributed by atoms with E-state index in [0.717, 1.165) is 12.0 Å². The lowest BCUT2D eigenvalue weighted by Crippen LogP contribution is -2.49. The molecule has 0 radical (unpaired) electrons. The molecule has 3 amide bonds. The summed E-state index contributed by atoms with van der Waals surface area (Å²) in [5.41, 5.74) is 1.40. The van der Waals surface area contributed by atoms with Crippen molar-refractivity contribution in [2.45, 2.75) is 39.3 Å². The maximum absolute atomic E-state index is 12.8. The summed E-state index contributed by atoms with van der Waals surface area (Å²) in [6, 6.07) is 11.9. The van der Waals surface area contributed by atoms with E-state index in [0.29, 0.717) is 30.6 Å². The van der Waals surface area contributed by atoms with E-state index in [4.69, 9.17) is 5.11 Å². The zero-order valence-corrected chi connectivity index (χ0v) is 19.8. The molecule has 0 saturated carbocycles. The average Bonchev–Trinajstić information content (AvgIpc) is 3.28. The third-order valence-electron chi connectivity index (χ3n) is 5.18. The zero-order valence-electron chi connectivity index (χ0n) is 19.8. The predicted octanol–water partition coefficient (Wildman–Crippen LogP) is 2.75. The summed E-state index contributed by atoms with van der Waals surface area (Å²) in [6.45, 7) is 4.88. The van der Waals surface area contributed by atoms with Gasteiger partial charge in [-0.2, -0.15) is 5.10 Å². The first-order chi connectivity index (χ1) is 16.8. The summed E-state index contributed by atoms with van der Waals surface area (Å²) in [6.07, 6.45) is 3.89. The van der Waals surface area contributed by atoms with Crippen LogP contribution in [0.25, 0.3) is 0 Å². The van der Waals surface area contributed by atoms with Crippen molar-refractivity contribution >= 4 is 35.8 Å². The number of anilines is 2. The number of nitrogens with one attached hydrogen (secondary N) is 3. The van der Waals surface area contributed by atoms with Gasteiger partial charge >= 0.3 is 12.0 Å². The van der Waals surface area contributed by atoms with Crippen molar-refractivity contribution in [1.29, 1.82) is 0 Å². The molecular formula is C24H31N7O4. The monoisotopic (exact) mass is 481 g/mol. The Morgan fingerprint density at radius 3 is 2.51 bits per heavy atom. The van der Waals surface area contributed by atoms with E-state index in [9.17, 15) is 14.4 Å². The van der Waals surface area contributed by atoms with Crippen LogP contribution in [0.5, 0.6) is 0 Å². The number of amides is 3. The molecule has 1 unspecified atom stereocenters. The molecule has 3 rings (SSSR count). The number of hydrogen-bond acceptors (Lipinski definition) is 7. The van der Waals surface area contributed by atoms with E-state index in [-0.39, 0.29) is 24.9 Å². The van der Waals surface area contributed by atoms with Gasteiger partial charge in [0.15, 0.2) is 0 Å². The number of pyridine rings is 1. The second-order valence-corrected chi connectivity index (χ2v) is 8.64. The van der Waals surface area contributed by atoms with E-state index < -0.39 is 12.0 Å². The number of urea groups is 1. The average molecular weight is 482 g/mol. The number of benzene rings is 1. The minimum Gasteiger partial charge on any atom is -0.481 e. The third-order valence-corrected chi connectivity index (χ3v) is 5.18. The van der Waals surface area contributed by atoms with Crippen molar-refractivity contribution in [3.8, 4) is 0 Å². The molecule has 0 aliphatic carbocycles. The van der Waals surface area contributed by atoms with E-state index in [1.54, 1.807) is 60.0 Å². The van der Waals surface area contributed by atoms with Gasteiger partial charge in [0.05, 0.1) is 12.8 Å². The van der Waals surface area contributed by atoms with Crippen LogP contribution < -0.4 is 16.0 Å². The number of aliphatic carboxylic acids is 1. The lowest BCUT2D eigenvalue weighted by atomic mass is 10.1. The zero-order chi connectivity index (χ0) is 25.2. The maximum Gasteiger partial charge on any atom is 0.324 e. The lowest BCUT2D eigenvalue weighted by Gasteiger charge is -2.30. The first-order valence-electron chi connectivity index (χ1n) is 11.4. The molecule has 2 heterocycles. The highest BCUT2D eigenvalue weighted by Crippen LogP contribution is 2.15. The molecule has 0 spiro atoms. The molecule has 1 aromatic heterocycles. The number of carbonyl (C=O) groups is 3. The SMILES string of the molecule is CC(C)CC(NC(=O)Cc1ccc(NC(=O)Nc2ccccn2)cc1)N1C=NN(CCC(=O)O)C1. The number of nitrogens with zero attached hydrogens (tertiary/aromatic N) is 4. The highest BCUT2D eigenvalue weighted by Gasteiger charge is 2.25. The molecular weight excluding hydrogens is 450 g/mol. The van der Waals surface area contributed by atoms with Gasteiger partial charge < -0.3 is 20.6 Å². The Labute approximate surface area is 204 Å². The normalized spacial score (nSPS) is 13.6. The highest BCUT2D eigenvalue weighted by molar-refractivity contribution is 5.99. The summed E-state index contributed by atoms with van der Waals surface area (Å²) < 4.78 is 0. The molecule has 0 bridgehead atoms. The van der Waals surface area contributed by atoms with Crippen molar-refractivity contribution in [3.63, 3.8) is 0 Å².